The largest absolute Gasteiger partial charge is 0.481 e. The average Bonchev–Trinajstić information content (AvgIpc) is 2.26. The first-order valence-corrected chi connectivity index (χ1v) is 7.63. The molecular formula is C13H23NO3S. The summed E-state index contributed by atoms with van der Waals surface area (Å²) in [5, 5.41) is 12.4. The zero-order chi connectivity index (χ0) is 13.6. The molecule has 0 aromatic heterocycles. The molecule has 2 N–H and O–H groups in total. The number of aliphatic carboxylic acids is 1. The second-order valence-corrected chi connectivity index (χ2v) is 6.88. The Labute approximate surface area is 113 Å². The van der Waals surface area contributed by atoms with Crippen molar-refractivity contribution in [2.75, 3.05) is 5.75 Å². The van der Waals surface area contributed by atoms with E-state index in [1.54, 1.807) is 11.8 Å². The summed E-state index contributed by atoms with van der Waals surface area (Å²) >= 11 is 1.59. The quantitative estimate of drug-likeness (QED) is 0.780. The van der Waals surface area contributed by atoms with Crippen molar-refractivity contribution >= 4 is 23.6 Å². The molecule has 1 rings (SSSR count). The lowest BCUT2D eigenvalue weighted by atomic mass is 9.79. The molecule has 0 unspecified atom stereocenters. The van der Waals surface area contributed by atoms with Crippen LogP contribution >= 0.6 is 11.8 Å². The molecule has 1 fully saturated rings. The molecule has 0 bridgehead atoms. The van der Waals surface area contributed by atoms with Crippen molar-refractivity contribution in [3.05, 3.63) is 0 Å². The van der Waals surface area contributed by atoms with Crippen LogP contribution in [0.5, 0.6) is 0 Å². The molecule has 1 aliphatic carbocycles. The first-order valence-electron chi connectivity index (χ1n) is 6.58. The minimum absolute atomic E-state index is 0.0307. The summed E-state index contributed by atoms with van der Waals surface area (Å²) in [6.45, 7) is 4.09. The average molecular weight is 273 g/mol. The number of carbonyl (C=O) groups is 2. The monoisotopic (exact) mass is 273 g/mol. The molecule has 0 saturated heterocycles. The second kappa shape index (κ2) is 7.02. The Bertz CT molecular complexity index is 299. The van der Waals surface area contributed by atoms with Gasteiger partial charge in [-0.05, 0) is 18.1 Å². The molecule has 4 nitrogen and oxygen atoms in total. The number of hydrogen-bond acceptors (Lipinski definition) is 3. The standard InChI is InChI=1S/C13H23NO3S/c1-10(2)18-9-11(15)14-13(8-12(16)17)6-4-3-5-7-13/h10H,3-9H2,1-2H3,(H,14,15)(H,16,17). The lowest BCUT2D eigenvalue weighted by molar-refractivity contribution is -0.139. The van der Waals surface area contributed by atoms with Crippen LogP contribution in [0.4, 0.5) is 0 Å². The van der Waals surface area contributed by atoms with E-state index in [1.807, 2.05) is 13.8 Å². The van der Waals surface area contributed by atoms with E-state index in [0.717, 1.165) is 32.1 Å². The summed E-state index contributed by atoms with van der Waals surface area (Å²) in [6, 6.07) is 0. The van der Waals surface area contributed by atoms with Crippen molar-refractivity contribution in [2.24, 2.45) is 0 Å². The molecule has 5 heteroatoms. The van der Waals surface area contributed by atoms with Gasteiger partial charge in [0, 0.05) is 0 Å². The smallest absolute Gasteiger partial charge is 0.305 e. The van der Waals surface area contributed by atoms with Gasteiger partial charge in [0.1, 0.15) is 0 Å². The number of carbonyl (C=O) groups excluding carboxylic acids is 1. The fourth-order valence-electron chi connectivity index (χ4n) is 2.44. The van der Waals surface area contributed by atoms with Crippen molar-refractivity contribution in [1.29, 1.82) is 0 Å². The van der Waals surface area contributed by atoms with Gasteiger partial charge in [-0.1, -0.05) is 33.1 Å². The van der Waals surface area contributed by atoms with Crippen molar-refractivity contribution < 1.29 is 14.7 Å². The number of amides is 1. The van der Waals surface area contributed by atoms with Crippen LogP contribution in [-0.2, 0) is 9.59 Å². The number of carboxylic acid groups (broad SMARTS) is 1. The highest BCUT2D eigenvalue weighted by atomic mass is 32.2. The Morgan fingerprint density at radius 1 is 1.28 bits per heavy atom. The van der Waals surface area contributed by atoms with E-state index in [4.69, 9.17) is 5.11 Å². The predicted octanol–water partition coefficient (Wildman–Crippen LogP) is 2.42. The summed E-state index contributed by atoms with van der Waals surface area (Å²) < 4.78 is 0. The molecule has 1 amide bonds. The molecule has 0 atom stereocenters. The molecule has 0 spiro atoms. The van der Waals surface area contributed by atoms with Crippen molar-refractivity contribution in [3.63, 3.8) is 0 Å². The van der Waals surface area contributed by atoms with Crippen LogP contribution in [0, 0.1) is 0 Å². The second-order valence-electron chi connectivity index (χ2n) is 5.32. The van der Waals surface area contributed by atoms with Crippen LogP contribution in [0.1, 0.15) is 52.4 Å². The molecule has 0 aromatic rings. The summed E-state index contributed by atoms with van der Waals surface area (Å²) in [5.41, 5.74) is -0.501. The van der Waals surface area contributed by atoms with E-state index in [-0.39, 0.29) is 12.3 Å². The third-order valence-corrected chi connectivity index (χ3v) is 4.35. The molecule has 0 radical (unpaired) electrons. The summed E-state index contributed by atoms with van der Waals surface area (Å²) in [7, 11) is 0. The van der Waals surface area contributed by atoms with Crippen molar-refractivity contribution in [1.82, 2.24) is 5.32 Å². The van der Waals surface area contributed by atoms with Crippen LogP contribution in [0.15, 0.2) is 0 Å². The third-order valence-electron chi connectivity index (χ3n) is 3.25. The number of nitrogens with one attached hydrogen (secondary N) is 1. The zero-order valence-corrected chi connectivity index (χ0v) is 12.0. The third kappa shape index (κ3) is 5.29. The van der Waals surface area contributed by atoms with Crippen molar-refractivity contribution in [2.45, 2.75) is 63.2 Å². The van der Waals surface area contributed by atoms with E-state index in [9.17, 15) is 9.59 Å². The van der Waals surface area contributed by atoms with E-state index >= 15 is 0 Å². The van der Waals surface area contributed by atoms with Crippen LogP contribution in [0.3, 0.4) is 0 Å². The minimum atomic E-state index is -0.825. The number of thioether (sulfide) groups is 1. The number of carboxylic acids is 1. The first kappa shape index (κ1) is 15.3. The topological polar surface area (TPSA) is 66.4 Å². The molecule has 18 heavy (non-hydrogen) atoms. The van der Waals surface area contributed by atoms with E-state index < -0.39 is 11.5 Å². The lowest BCUT2D eigenvalue weighted by Gasteiger charge is -2.37. The van der Waals surface area contributed by atoms with Gasteiger partial charge in [0.25, 0.3) is 0 Å². The van der Waals surface area contributed by atoms with Gasteiger partial charge in [-0.3, -0.25) is 9.59 Å². The Balaban J connectivity index is 2.55. The Hall–Kier alpha value is -0.710. The van der Waals surface area contributed by atoms with E-state index in [1.165, 1.54) is 0 Å². The summed E-state index contributed by atoms with van der Waals surface area (Å²) in [5.74, 6) is -0.440. The van der Waals surface area contributed by atoms with Crippen LogP contribution in [0.2, 0.25) is 0 Å². The number of rotatable bonds is 6. The number of hydrogen-bond donors (Lipinski definition) is 2. The fourth-order valence-corrected chi connectivity index (χ4v) is 3.00. The van der Waals surface area contributed by atoms with Gasteiger partial charge in [-0.25, -0.2) is 0 Å². The highest BCUT2D eigenvalue weighted by molar-refractivity contribution is 8.00. The fraction of sp³-hybridized carbons (Fsp3) is 0.846. The van der Waals surface area contributed by atoms with Crippen LogP contribution in [0.25, 0.3) is 0 Å². The molecule has 0 aromatic carbocycles. The highest BCUT2D eigenvalue weighted by Crippen LogP contribution is 2.31. The minimum Gasteiger partial charge on any atom is -0.481 e. The van der Waals surface area contributed by atoms with Gasteiger partial charge in [0.15, 0.2) is 0 Å². The molecule has 104 valence electrons. The lowest BCUT2D eigenvalue weighted by Crippen LogP contribution is -2.51. The maximum Gasteiger partial charge on any atom is 0.305 e. The first-order chi connectivity index (χ1) is 8.43. The summed E-state index contributed by atoms with van der Waals surface area (Å²) in [6.07, 6.45) is 4.77. The predicted molar refractivity (Wildman–Crippen MR) is 73.8 cm³/mol. The SMILES string of the molecule is CC(C)SCC(=O)NC1(CC(=O)O)CCCCC1. The van der Waals surface area contributed by atoms with Gasteiger partial charge >= 0.3 is 5.97 Å². The van der Waals surface area contributed by atoms with Gasteiger partial charge in [-0.2, -0.15) is 0 Å². The van der Waals surface area contributed by atoms with E-state index in [2.05, 4.69) is 5.32 Å². The molecule has 1 aliphatic rings. The zero-order valence-electron chi connectivity index (χ0n) is 11.2. The van der Waals surface area contributed by atoms with Gasteiger partial charge in [0.2, 0.25) is 5.91 Å². The molecule has 0 heterocycles. The van der Waals surface area contributed by atoms with Crippen LogP contribution in [-0.4, -0.2) is 33.5 Å². The van der Waals surface area contributed by atoms with Gasteiger partial charge in [0.05, 0.1) is 17.7 Å². The van der Waals surface area contributed by atoms with E-state index in [0.29, 0.717) is 11.0 Å². The normalized spacial score (nSPS) is 18.6. The van der Waals surface area contributed by atoms with Crippen molar-refractivity contribution in [3.8, 4) is 0 Å². The highest BCUT2D eigenvalue weighted by Gasteiger charge is 2.35. The Kier molecular flexibility index (Phi) is 5.99. The Morgan fingerprint density at radius 3 is 2.39 bits per heavy atom. The Morgan fingerprint density at radius 2 is 1.89 bits per heavy atom. The summed E-state index contributed by atoms with van der Waals surface area (Å²) in [4.78, 5) is 22.8. The molecule has 0 aliphatic heterocycles. The van der Waals surface area contributed by atoms with Crippen LogP contribution < -0.4 is 5.32 Å². The molecular weight excluding hydrogens is 250 g/mol. The molecule has 1 saturated carbocycles. The van der Waals surface area contributed by atoms with Gasteiger partial charge in [-0.15, -0.1) is 11.8 Å². The maximum absolute atomic E-state index is 11.9. The van der Waals surface area contributed by atoms with Gasteiger partial charge < -0.3 is 10.4 Å². The maximum atomic E-state index is 11.9.